The second kappa shape index (κ2) is 5.16. The molecule has 0 amide bonds. The summed E-state index contributed by atoms with van der Waals surface area (Å²) in [6.45, 7) is 2.27. The lowest BCUT2D eigenvalue weighted by Gasteiger charge is -2.22. The highest BCUT2D eigenvalue weighted by Gasteiger charge is 2.41. The van der Waals surface area contributed by atoms with Gasteiger partial charge in [-0.15, -0.1) is 0 Å². The lowest BCUT2D eigenvalue weighted by Crippen LogP contribution is -2.47. The number of nitrogens with zero attached hydrogens (tertiary/aromatic N) is 3. The van der Waals surface area contributed by atoms with Gasteiger partial charge in [-0.2, -0.15) is 4.98 Å². The molecule has 0 aliphatic carbocycles. The van der Waals surface area contributed by atoms with Crippen LogP contribution in [-0.2, 0) is 11.3 Å². The van der Waals surface area contributed by atoms with Gasteiger partial charge in [0.25, 0.3) is 0 Å². The highest BCUT2D eigenvalue weighted by molar-refractivity contribution is 5.80. The van der Waals surface area contributed by atoms with Crippen molar-refractivity contribution in [3.63, 3.8) is 0 Å². The lowest BCUT2D eigenvalue weighted by molar-refractivity contribution is 0.0992. The van der Waals surface area contributed by atoms with E-state index in [1.807, 2.05) is 0 Å². The predicted octanol–water partition coefficient (Wildman–Crippen LogP) is 0.363. The standard InChI is InChI=1S/C12H19N5O2/c1-7-15-11(17-19-7)6-14-12(13-2)16-9-5-8-3-4-10(9)18-8/h8-10H,3-6H2,1-2H3,(H2,13,14,16). The molecule has 0 radical (unpaired) electrons. The van der Waals surface area contributed by atoms with Crippen LogP contribution in [0.1, 0.15) is 31.0 Å². The van der Waals surface area contributed by atoms with Crippen LogP contribution < -0.4 is 10.6 Å². The van der Waals surface area contributed by atoms with E-state index in [9.17, 15) is 0 Å². The summed E-state index contributed by atoms with van der Waals surface area (Å²) >= 11 is 0. The number of hydrogen-bond donors (Lipinski definition) is 2. The average molecular weight is 265 g/mol. The van der Waals surface area contributed by atoms with Gasteiger partial charge in [-0.25, -0.2) is 0 Å². The molecule has 0 spiro atoms. The van der Waals surface area contributed by atoms with Gasteiger partial charge < -0.3 is 19.9 Å². The Bertz CT molecular complexity index is 472. The summed E-state index contributed by atoms with van der Waals surface area (Å²) in [6, 6.07) is 0.358. The van der Waals surface area contributed by atoms with Crippen molar-refractivity contribution in [1.82, 2.24) is 20.8 Å². The van der Waals surface area contributed by atoms with Crippen molar-refractivity contribution in [2.24, 2.45) is 4.99 Å². The van der Waals surface area contributed by atoms with Crippen molar-refractivity contribution < 1.29 is 9.26 Å². The molecule has 2 bridgehead atoms. The Balaban J connectivity index is 1.51. The lowest BCUT2D eigenvalue weighted by atomic mass is 9.96. The summed E-state index contributed by atoms with van der Waals surface area (Å²) in [5.41, 5.74) is 0. The maximum absolute atomic E-state index is 5.81. The normalized spacial score (nSPS) is 29.8. The first-order chi connectivity index (χ1) is 9.24. The van der Waals surface area contributed by atoms with Gasteiger partial charge in [0.1, 0.15) is 0 Å². The van der Waals surface area contributed by atoms with Gasteiger partial charge in [0.2, 0.25) is 5.89 Å². The fourth-order valence-corrected chi connectivity index (χ4v) is 2.74. The maximum Gasteiger partial charge on any atom is 0.223 e. The second-order valence-corrected chi connectivity index (χ2v) is 5.02. The Morgan fingerprint density at radius 2 is 2.37 bits per heavy atom. The number of aliphatic imine (C=N–C) groups is 1. The fourth-order valence-electron chi connectivity index (χ4n) is 2.74. The van der Waals surface area contributed by atoms with Crippen molar-refractivity contribution in [1.29, 1.82) is 0 Å². The highest BCUT2D eigenvalue weighted by atomic mass is 16.5. The molecule has 1 aromatic rings. The zero-order valence-corrected chi connectivity index (χ0v) is 11.2. The topological polar surface area (TPSA) is 84.6 Å². The van der Waals surface area contributed by atoms with Gasteiger partial charge in [-0.3, -0.25) is 4.99 Å². The van der Waals surface area contributed by atoms with E-state index in [1.165, 1.54) is 6.42 Å². The van der Waals surface area contributed by atoms with Crippen LogP contribution in [-0.4, -0.2) is 41.4 Å². The number of nitrogens with one attached hydrogen (secondary N) is 2. The van der Waals surface area contributed by atoms with Crippen LogP contribution >= 0.6 is 0 Å². The summed E-state index contributed by atoms with van der Waals surface area (Å²) < 4.78 is 10.7. The van der Waals surface area contributed by atoms with E-state index in [1.54, 1.807) is 14.0 Å². The number of aryl methyl sites for hydroxylation is 1. The van der Waals surface area contributed by atoms with E-state index in [2.05, 4.69) is 25.8 Å². The molecule has 2 fully saturated rings. The van der Waals surface area contributed by atoms with Crippen molar-refractivity contribution in [2.45, 2.75) is 51.0 Å². The third-order valence-corrected chi connectivity index (χ3v) is 3.64. The number of fused-ring (bicyclic) bond motifs is 2. The molecular formula is C12H19N5O2. The first-order valence-electron chi connectivity index (χ1n) is 6.66. The molecule has 104 valence electrons. The molecule has 3 rings (SSSR count). The Kier molecular flexibility index (Phi) is 3.37. The van der Waals surface area contributed by atoms with Gasteiger partial charge in [0.05, 0.1) is 24.8 Å². The number of ether oxygens (including phenoxy) is 1. The predicted molar refractivity (Wildman–Crippen MR) is 68.7 cm³/mol. The van der Waals surface area contributed by atoms with E-state index in [-0.39, 0.29) is 0 Å². The smallest absolute Gasteiger partial charge is 0.223 e. The zero-order chi connectivity index (χ0) is 13.2. The minimum Gasteiger partial charge on any atom is -0.373 e. The first-order valence-corrected chi connectivity index (χ1v) is 6.66. The van der Waals surface area contributed by atoms with Crippen LogP contribution in [0.5, 0.6) is 0 Å². The molecule has 19 heavy (non-hydrogen) atoms. The number of rotatable bonds is 3. The summed E-state index contributed by atoms with van der Waals surface area (Å²) in [4.78, 5) is 8.35. The molecule has 3 atom stereocenters. The number of aromatic nitrogens is 2. The highest BCUT2D eigenvalue weighted by Crippen LogP contribution is 2.34. The van der Waals surface area contributed by atoms with Crippen molar-refractivity contribution in [3.05, 3.63) is 11.7 Å². The first kappa shape index (κ1) is 12.4. The van der Waals surface area contributed by atoms with Gasteiger partial charge in [-0.05, 0) is 19.3 Å². The van der Waals surface area contributed by atoms with E-state index in [4.69, 9.17) is 9.26 Å². The summed E-state index contributed by atoms with van der Waals surface area (Å²) in [6.07, 6.45) is 4.16. The van der Waals surface area contributed by atoms with E-state index in [0.717, 1.165) is 18.8 Å². The molecule has 2 aliphatic rings. The molecule has 2 N–H and O–H groups in total. The van der Waals surface area contributed by atoms with Crippen LogP contribution in [0.15, 0.2) is 9.52 Å². The Morgan fingerprint density at radius 3 is 2.95 bits per heavy atom. The van der Waals surface area contributed by atoms with Crippen LogP contribution in [0.3, 0.4) is 0 Å². The molecule has 7 heteroatoms. The SMILES string of the molecule is CN=C(NCc1noc(C)n1)NC1CC2CCC1O2. The average Bonchev–Trinajstić information content (AvgIpc) is 3.11. The van der Waals surface area contributed by atoms with Crippen molar-refractivity contribution >= 4 is 5.96 Å². The molecule has 3 heterocycles. The number of hydrogen-bond acceptors (Lipinski definition) is 5. The monoisotopic (exact) mass is 265 g/mol. The maximum atomic E-state index is 5.81. The largest absolute Gasteiger partial charge is 0.373 e. The second-order valence-electron chi connectivity index (χ2n) is 5.02. The van der Waals surface area contributed by atoms with E-state index in [0.29, 0.717) is 36.5 Å². The van der Waals surface area contributed by atoms with Crippen LogP contribution in [0, 0.1) is 6.92 Å². The molecule has 3 unspecified atom stereocenters. The van der Waals surface area contributed by atoms with Crippen LogP contribution in [0.2, 0.25) is 0 Å². The molecule has 2 saturated heterocycles. The van der Waals surface area contributed by atoms with Crippen molar-refractivity contribution in [3.8, 4) is 0 Å². The Labute approximate surface area is 111 Å². The van der Waals surface area contributed by atoms with Crippen LogP contribution in [0.4, 0.5) is 0 Å². The van der Waals surface area contributed by atoms with E-state index < -0.39 is 0 Å². The molecule has 0 aromatic carbocycles. The Morgan fingerprint density at radius 1 is 1.47 bits per heavy atom. The van der Waals surface area contributed by atoms with Crippen molar-refractivity contribution in [2.75, 3.05) is 7.05 Å². The summed E-state index contributed by atoms with van der Waals surface area (Å²) in [5, 5.41) is 10.4. The minimum atomic E-state index is 0.330. The summed E-state index contributed by atoms with van der Waals surface area (Å²) in [7, 11) is 1.75. The molecule has 7 nitrogen and oxygen atoms in total. The summed E-state index contributed by atoms with van der Waals surface area (Å²) in [5.74, 6) is 1.95. The fraction of sp³-hybridized carbons (Fsp3) is 0.750. The zero-order valence-electron chi connectivity index (χ0n) is 11.2. The van der Waals surface area contributed by atoms with Gasteiger partial charge in [-0.1, -0.05) is 5.16 Å². The molecule has 1 aromatic heterocycles. The third-order valence-electron chi connectivity index (χ3n) is 3.64. The molecular weight excluding hydrogens is 246 g/mol. The van der Waals surface area contributed by atoms with Gasteiger partial charge >= 0.3 is 0 Å². The van der Waals surface area contributed by atoms with Crippen LogP contribution in [0.25, 0.3) is 0 Å². The van der Waals surface area contributed by atoms with Gasteiger partial charge in [0.15, 0.2) is 11.8 Å². The van der Waals surface area contributed by atoms with Gasteiger partial charge in [0, 0.05) is 14.0 Å². The molecule has 0 saturated carbocycles. The quantitative estimate of drug-likeness (QED) is 0.606. The van der Waals surface area contributed by atoms with E-state index >= 15 is 0 Å². The Hall–Kier alpha value is -1.63. The number of guanidine groups is 1. The third kappa shape index (κ3) is 2.70. The minimum absolute atomic E-state index is 0.330. The molecule has 2 aliphatic heterocycles.